The van der Waals surface area contributed by atoms with E-state index in [0.29, 0.717) is 32.4 Å². The Kier molecular flexibility index (Phi) is 4.53. The zero-order chi connectivity index (χ0) is 14.9. The minimum absolute atomic E-state index is 0.229. The summed E-state index contributed by atoms with van der Waals surface area (Å²) in [5, 5.41) is -0.425. The van der Waals surface area contributed by atoms with Crippen LogP contribution in [0.1, 0.15) is 10.4 Å². The molecule has 1 aliphatic heterocycles. The standard InChI is InChI=1S/C11H10Cl2FNO4S/c12-10-8(11(16)15-1-3-19-4-2-15)5-7(6-9(10)14)20(13,17)18/h5-6H,1-4H2. The van der Waals surface area contributed by atoms with Gasteiger partial charge in [-0.1, -0.05) is 11.6 Å². The summed E-state index contributed by atoms with van der Waals surface area (Å²) in [6.45, 7) is 1.38. The molecule has 1 heterocycles. The van der Waals surface area contributed by atoms with Gasteiger partial charge in [0.15, 0.2) is 0 Å². The fourth-order valence-corrected chi connectivity index (χ4v) is 2.76. The van der Waals surface area contributed by atoms with Crippen LogP contribution < -0.4 is 0 Å². The van der Waals surface area contributed by atoms with Crippen molar-refractivity contribution in [1.29, 1.82) is 0 Å². The van der Waals surface area contributed by atoms with Crippen LogP contribution in [-0.2, 0) is 13.8 Å². The van der Waals surface area contributed by atoms with Gasteiger partial charge in [0, 0.05) is 23.8 Å². The molecule has 1 amide bonds. The summed E-state index contributed by atoms with van der Waals surface area (Å²) in [7, 11) is 1.01. The smallest absolute Gasteiger partial charge is 0.261 e. The van der Waals surface area contributed by atoms with Crippen LogP contribution in [-0.4, -0.2) is 45.5 Å². The average molecular weight is 342 g/mol. The number of carbonyl (C=O) groups excluding carboxylic acids is 1. The van der Waals surface area contributed by atoms with Crippen molar-refractivity contribution in [2.45, 2.75) is 4.90 Å². The highest BCUT2D eigenvalue weighted by Gasteiger charge is 2.25. The second-order valence-electron chi connectivity index (χ2n) is 4.11. The van der Waals surface area contributed by atoms with Gasteiger partial charge < -0.3 is 9.64 Å². The van der Waals surface area contributed by atoms with Crippen molar-refractivity contribution in [3.63, 3.8) is 0 Å². The normalized spacial score (nSPS) is 16.2. The second-order valence-corrected chi connectivity index (χ2v) is 7.05. The predicted molar refractivity (Wildman–Crippen MR) is 71.2 cm³/mol. The Morgan fingerprint density at radius 3 is 2.45 bits per heavy atom. The number of hydrogen-bond acceptors (Lipinski definition) is 4. The lowest BCUT2D eigenvalue weighted by molar-refractivity contribution is 0.0302. The molecule has 2 rings (SSSR count). The van der Waals surface area contributed by atoms with Gasteiger partial charge in [0.2, 0.25) is 0 Å². The van der Waals surface area contributed by atoms with Crippen molar-refractivity contribution >= 4 is 37.2 Å². The lowest BCUT2D eigenvalue weighted by Crippen LogP contribution is -2.40. The zero-order valence-corrected chi connectivity index (χ0v) is 12.4. The molecule has 0 unspecified atom stereocenters. The zero-order valence-electron chi connectivity index (χ0n) is 10.1. The van der Waals surface area contributed by atoms with Gasteiger partial charge in [-0.15, -0.1) is 0 Å². The summed E-state index contributed by atoms with van der Waals surface area (Å²) in [6.07, 6.45) is 0. The number of nitrogens with zero attached hydrogens (tertiary/aromatic N) is 1. The highest BCUT2D eigenvalue weighted by atomic mass is 35.7. The maximum absolute atomic E-state index is 13.6. The minimum atomic E-state index is -4.15. The van der Waals surface area contributed by atoms with E-state index in [1.807, 2.05) is 0 Å². The lowest BCUT2D eigenvalue weighted by atomic mass is 10.2. The topological polar surface area (TPSA) is 63.7 Å². The van der Waals surface area contributed by atoms with Gasteiger partial charge in [-0.2, -0.15) is 0 Å². The molecule has 0 atom stereocenters. The van der Waals surface area contributed by atoms with Gasteiger partial charge in [-0.3, -0.25) is 4.79 Å². The van der Waals surface area contributed by atoms with Crippen LogP contribution in [0.5, 0.6) is 0 Å². The number of amides is 1. The molecular formula is C11H10Cl2FNO4S. The number of halogens is 3. The van der Waals surface area contributed by atoms with E-state index >= 15 is 0 Å². The maximum Gasteiger partial charge on any atom is 0.261 e. The third-order valence-corrected chi connectivity index (χ3v) is 4.53. The van der Waals surface area contributed by atoms with Crippen molar-refractivity contribution < 1.29 is 22.3 Å². The van der Waals surface area contributed by atoms with Crippen LogP contribution in [0, 0.1) is 5.82 Å². The number of benzene rings is 1. The van der Waals surface area contributed by atoms with E-state index in [2.05, 4.69) is 0 Å². The summed E-state index contributed by atoms with van der Waals surface area (Å²) in [6, 6.07) is 1.66. The van der Waals surface area contributed by atoms with Crippen LogP contribution in [0.15, 0.2) is 17.0 Å². The van der Waals surface area contributed by atoms with Gasteiger partial charge in [0.05, 0.1) is 28.7 Å². The fraction of sp³-hybridized carbons (Fsp3) is 0.364. The Balaban J connectivity index is 2.44. The number of carbonyl (C=O) groups is 1. The minimum Gasteiger partial charge on any atom is -0.378 e. The molecule has 9 heteroatoms. The number of morpholine rings is 1. The molecule has 1 aliphatic rings. The largest absolute Gasteiger partial charge is 0.378 e. The molecule has 1 aromatic carbocycles. The van der Waals surface area contributed by atoms with E-state index in [1.165, 1.54) is 4.90 Å². The van der Waals surface area contributed by atoms with Crippen molar-refractivity contribution in [3.05, 3.63) is 28.5 Å². The highest BCUT2D eigenvalue weighted by molar-refractivity contribution is 8.13. The average Bonchev–Trinajstić information content (AvgIpc) is 2.40. The lowest BCUT2D eigenvalue weighted by Gasteiger charge is -2.27. The van der Waals surface area contributed by atoms with Crippen molar-refractivity contribution in [2.75, 3.05) is 26.3 Å². The Hall–Kier alpha value is -0.890. The van der Waals surface area contributed by atoms with Crippen LogP contribution in [0.2, 0.25) is 5.02 Å². The monoisotopic (exact) mass is 341 g/mol. The summed E-state index contributed by atoms with van der Waals surface area (Å²) < 4.78 is 41.3. The van der Waals surface area contributed by atoms with Gasteiger partial charge in [-0.05, 0) is 12.1 Å². The first-order valence-corrected chi connectivity index (χ1v) is 8.30. The Bertz CT molecular complexity index is 644. The molecular weight excluding hydrogens is 332 g/mol. The van der Waals surface area contributed by atoms with E-state index in [0.717, 1.165) is 6.07 Å². The number of ether oxygens (including phenoxy) is 1. The van der Waals surface area contributed by atoms with Crippen molar-refractivity contribution in [3.8, 4) is 0 Å². The Morgan fingerprint density at radius 1 is 1.30 bits per heavy atom. The van der Waals surface area contributed by atoms with Gasteiger partial charge in [-0.25, -0.2) is 12.8 Å². The molecule has 0 N–H and O–H groups in total. The fourth-order valence-electron chi connectivity index (χ4n) is 1.80. The van der Waals surface area contributed by atoms with Gasteiger partial charge in [0.1, 0.15) is 5.82 Å². The van der Waals surface area contributed by atoms with Crippen LogP contribution >= 0.6 is 22.3 Å². The molecule has 0 saturated carbocycles. The van der Waals surface area contributed by atoms with Gasteiger partial charge in [0.25, 0.3) is 15.0 Å². The number of hydrogen-bond donors (Lipinski definition) is 0. The third kappa shape index (κ3) is 3.22. The molecule has 1 fully saturated rings. The molecule has 0 spiro atoms. The van der Waals surface area contributed by atoms with Gasteiger partial charge >= 0.3 is 0 Å². The van der Waals surface area contributed by atoms with Crippen molar-refractivity contribution in [2.24, 2.45) is 0 Å². The molecule has 1 saturated heterocycles. The third-order valence-electron chi connectivity index (χ3n) is 2.81. The van der Waals surface area contributed by atoms with Crippen LogP contribution in [0.25, 0.3) is 0 Å². The molecule has 0 radical (unpaired) electrons. The molecule has 20 heavy (non-hydrogen) atoms. The summed E-state index contributed by atoms with van der Waals surface area (Å²) in [5.74, 6) is -1.57. The van der Waals surface area contributed by atoms with E-state index < -0.39 is 30.7 Å². The predicted octanol–water partition coefficient (Wildman–Crippen LogP) is 1.88. The SMILES string of the molecule is O=C(c1cc(S(=O)(=O)Cl)cc(F)c1Cl)N1CCOCC1. The molecule has 0 aromatic heterocycles. The molecule has 0 bridgehead atoms. The number of rotatable bonds is 2. The van der Waals surface area contributed by atoms with Crippen LogP contribution in [0.4, 0.5) is 4.39 Å². The summed E-state index contributed by atoms with van der Waals surface area (Å²) >= 11 is 5.74. The molecule has 110 valence electrons. The summed E-state index contributed by atoms with van der Waals surface area (Å²) in [4.78, 5) is 13.1. The molecule has 5 nitrogen and oxygen atoms in total. The Labute approximate surface area is 124 Å². The summed E-state index contributed by atoms with van der Waals surface area (Å²) in [5.41, 5.74) is -0.229. The molecule has 0 aliphatic carbocycles. The molecule has 1 aromatic rings. The first kappa shape index (κ1) is 15.5. The first-order chi connectivity index (χ1) is 9.30. The Morgan fingerprint density at radius 2 is 1.90 bits per heavy atom. The first-order valence-electron chi connectivity index (χ1n) is 5.61. The second kappa shape index (κ2) is 5.85. The van der Waals surface area contributed by atoms with E-state index in [9.17, 15) is 17.6 Å². The highest BCUT2D eigenvalue weighted by Crippen LogP contribution is 2.27. The van der Waals surface area contributed by atoms with Crippen molar-refractivity contribution in [1.82, 2.24) is 4.90 Å². The van der Waals surface area contributed by atoms with E-state index in [4.69, 9.17) is 27.0 Å². The maximum atomic E-state index is 13.6. The van der Waals surface area contributed by atoms with Crippen LogP contribution in [0.3, 0.4) is 0 Å². The van der Waals surface area contributed by atoms with E-state index in [1.54, 1.807) is 0 Å². The van der Waals surface area contributed by atoms with E-state index in [-0.39, 0.29) is 5.56 Å². The quantitative estimate of drug-likeness (QED) is 0.770.